The molecule has 3 saturated heterocycles. The highest BCUT2D eigenvalue weighted by Gasteiger charge is 2.56. The second kappa shape index (κ2) is 6.13. The normalized spacial score (nSPS) is 36.1. The van der Waals surface area contributed by atoms with Crippen molar-refractivity contribution in [2.75, 3.05) is 33.0 Å². The van der Waals surface area contributed by atoms with Crippen LogP contribution in [0.3, 0.4) is 0 Å². The maximum Gasteiger partial charge on any atom is 0.244 e. The molecule has 24 heavy (non-hydrogen) atoms. The van der Waals surface area contributed by atoms with Gasteiger partial charge in [-0.3, -0.25) is 9.48 Å². The highest BCUT2D eigenvalue weighted by molar-refractivity contribution is 5.76. The lowest BCUT2D eigenvalue weighted by Crippen LogP contribution is -2.69. The first kappa shape index (κ1) is 16.1. The number of likely N-dealkylation sites (tertiary alicyclic amines) is 1. The summed E-state index contributed by atoms with van der Waals surface area (Å²) in [5.74, 6) is -0.0164. The van der Waals surface area contributed by atoms with E-state index in [1.807, 2.05) is 18.0 Å². The van der Waals surface area contributed by atoms with Crippen LogP contribution in [0.25, 0.3) is 0 Å². The predicted octanol–water partition coefficient (Wildman–Crippen LogP) is 0.206. The molecule has 132 valence electrons. The third-order valence-corrected chi connectivity index (χ3v) is 5.83. The number of carbonyl (C=O) groups excluding carboxylic acids is 1. The first-order valence-corrected chi connectivity index (χ1v) is 8.74. The second-order valence-electron chi connectivity index (χ2n) is 7.31. The Labute approximate surface area is 141 Å². The van der Waals surface area contributed by atoms with Gasteiger partial charge in [-0.15, -0.1) is 0 Å². The van der Waals surface area contributed by atoms with Crippen LogP contribution in [0.2, 0.25) is 0 Å². The summed E-state index contributed by atoms with van der Waals surface area (Å²) in [6, 6.07) is 0.0438. The van der Waals surface area contributed by atoms with Crippen molar-refractivity contribution in [1.82, 2.24) is 14.7 Å². The van der Waals surface area contributed by atoms with Crippen molar-refractivity contribution in [1.29, 1.82) is 0 Å². The van der Waals surface area contributed by atoms with Gasteiger partial charge in [0.2, 0.25) is 5.91 Å². The molecule has 4 heterocycles. The molecular weight excluding hydrogens is 310 g/mol. The molecule has 3 aliphatic heterocycles. The van der Waals surface area contributed by atoms with Crippen LogP contribution in [0, 0.1) is 18.8 Å². The molecule has 4 rings (SSSR count). The number of nitrogens with zero attached hydrogens (tertiary/aromatic N) is 3. The molecule has 7 nitrogen and oxygen atoms in total. The zero-order valence-corrected chi connectivity index (χ0v) is 14.1. The number of piperidine rings is 1. The van der Waals surface area contributed by atoms with Gasteiger partial charge in [0.05, 0.1) is 25.0 Å². The molecule has 0 aromatic carbocycles. The van der Waals surface area contributed by atoms with Crippen LogP contribution in [-0.4, -0.2) is 70.3 Å². The third kappa shape index (κ3) is 2.64. The van der Waals surface area contributed by atoms with Gasteiger partial charge in [0.25, 0.3) is 0 Å². The first-order valence-electron chi connectivity index (χ1n) is 8.74. The van der Waals surface area contributed by atoms with Crippen molar-refractivity contribution in [2.24, 2.45) is 11.8 Å². The fourth-order valence-electron chi connectivity index (χ4n) is 4.53. The number of aliphatic hydroxyl groups is 1. The Hall–Kier alpha value is -1.44. The quantitative estimate of drug-likeness (QED) is 0.836. The molecule has 0 radical (unpaired) electrons. The van der Waals surface area contributed by atoms with Crippen LogP contribution in [0.4, 0.5) is 0 Å². The fraction of sp³-hybridized carbons (Fsp3) is 0.765. The Kier molecular flexibility index (Phi) is 4.10. The minimum Gasteiger partial charge on any atom is -0.389 e. The average Bonchev–Trinajstić information content (AvgIpc) is 2.99. The predicted molar refractivity (Wildman–Crippen MR) is 85.3 cm³/mol. The van der Waals surface area contributed by atoms with E-state index in [9.17, 15) is 9.90 Å². The highest BCUT2D eigenvalue weighted by atomic mass is 16.5. The number of hydrogen-bond donors (Lipinski definition) is 1. The number of hydrogen-bond acceptors (Lipinski definition) is 5. The van der Waals surface area contributed by atoms with Crippen molar-refractivity contribution < 1.29 is 19.4 Å². The molecule has 1 N–H and O–H groups in total. The average molecular weight is 335 g/mol. The zero-order valence-electron chi connectivity index (χ0n) is 14.1. The Bertz CT molecular complexity index is 619. The third-order valence-electron chi connectivity index (χ3n) is 5.83. The number of amides is 1. The SMILES string of the molecule is Cc1cnn(CC(=O)N2C[C@H]3COCC[C@@]3(O)[C@@H]3COCC[C@@H]32)c1. The summed E-state index contributed by atoms with van der Waals surface area (Å²) in [5, 5.41) is 15.5. The Morgan fingerprint density at radius 2 is 2.25 bits per heavy atom. The smallest absolute Gasteiger partial charge is 0.244 e. The molecule has 1 aromatic rings. The van der Waals surface area contributed by atoms with Gasteiger partial charge in [0.1, 0.15) is 6.54 Å². The molecule has 3 fully saturated rings. The van der Waals surface area contributed by atoms with E-state index in [-0.39, 0.29) is 30.3 Å². The summed E-state index contributed by atoms with van der Waals surface area (Å²) in [7, 11) is 0. The van der Waals surface area contributed by atoms with Crippen molar-refractivity contribution in [2.45, 2.75) is 38.0 Å². The Morgan fingerprint density at radius 3 is 3.04 bits per heavy atom. The van der Waals surface area contributed by atoms with Gasteiger partial charge in [-0.2, -0.15) is 5.10 Å². The highest BCUT2D eigenvalue weighted by Crippen LogP contribution is 2.44. The molecule has 1 aromatic heterocycles. The molecular formula is C17H25N3O4. The van der Waals surface area contributed by atoms with E-state index in [1.165, 1.54) is 0 Å². The van der Waals surface area contributed by atoms with Crippen molar-refractivity contribution >= 4 is 5.91 Å². The van der Waals surface area contributed by atoms with Gasteiger partial charge in [0.15, 0.2) is 0 Å². The van der Waals surface area contributed by atoms with Gasteiger partial charge in [-0.25, -0.2) is 0 Å². The minimum atomic E-state index is -0.775. The summed E-state index contributed by atoms with van der Waals surface area (Å²) in [6.45, 7) is 5.00. The summed E-state index contributed by atoms with van der Waals surface area (Å²) >= 11 is 0. The molecule has 0 bridgehead atoms. The molecule has 7 heteroatoms. The van der Waals surface area contributed by atoms with Crippen molar-refractivity contribution in [3.05, 3.63) is 18.0 Å². The molecule has 1 amide bonds. The van der Waals surface area contributed by atoms with E-state index in [0.29, 0.717) is 39.4 Å². The van der Waals surface area contributed by atoms with Crippen LogP contribution in [0.1, 0.15) is 18.4 Å². The number of carbonyl (C=O) groups is 1. The summed E-state index contributed by atoms with van der Waals surface area (Å²) in [4.78, 5) is 14.9. The standard InChI is InChI=1S/C17H25N3O4/c1-12-6-18-19(7-12)9-16(21)20-8-13-10-24-5-3-17(13,22)14-11-23-4-2-15(14)20/h6-7,13-15,22H,2-5,8-11H2,1H3/t13-,14+,15-,17-/m0/s1. The molecule has 0 aliphatic carbocycles. The Morgan fingerprint density at radius 1 is 1.42 bits per heavy atom. The van der Waals surface area contributed by atoms with Crippen LogP contribution in [0.5, 0.6) is 0 Å². The van der Waals surface area contributed by atoms with Gasteiger partial charge in [-0.05, 0) is 18.9 Å². The van der Waals surface area contributed by atoms with E-state index >= 15 is 0 Å². The maximum absolute atomic E-state index is 12.9. The van der Waals surface area contributed by atoms with Crippen LogP contribution in [0.15, 0.2) is 12.4 Å². The minimum absolute atomic E-state index is 0.0304. The summed E-state index contributed by atoms with van der Waals surface area (Å²) in [6.07, 6.45) is 5.05. The van der Waals surface area contributed by atoms with Crippen LogP contribution < -0.4 is 0 Å². The van der Waals surface area contributed by atoms with Gasteiger partial charge >= 0.3 is 0 Å². The largest absolute Gasteiger partial charge is 0.389 e. The molecule has 4 atom stereocenters. The lowest BCUT2D eigenvalue weighted by atomic mass is 9.66. The topological polar surface area (TPSA) is 76.8 Å². The summed E-state index contributed by atoms with van der Waals surface area (Å²) in [5.41, 5.74) is 0.267. The number of fused-ring (bicyclic) bond motifs is 3. The monoisotopic (exact) mass is 335 g/mol. The fourth-order valence-corrected chi connectivity index (χ4v) is 4.53. The van der Waals surface area contributed by atoms with E-state index in [2.05, 4.69) is 5.10 Å². The van der Waals surface area contributed by atoms with Gasteiger partial charge in [0, 0.05) is 50.3 Å². The second-order valence-corrected chi connectivity index (χ2v) is 7.31. The van der Waals surface area contributed by atoms with Crippen LogP contribution in [-0.2, 0) is 20.8 Å². The van der Waals surface area contributed by atoms with E-state index in [1.54, 1.807) is 10.9 Å². The van der Waals surface area contributed by atoms with Gasteiger partial charge < -0.3 is 19.5 Å². The molecule has 0 unspecified atom stereocenters. The number of aromatic nitrogens is 2. The van der Waals surface area contributed by atoms with Crippen molar-refractivity contribution in [3.8, 4) is 0 Å². The Balaban J connectivity index is 1.57. The van der Waals surface area contributed by atoms with Crippen LogP contribution >= 0.6 is 0 Å². The zero-order chi connectivity index (χ0) is 16.7. The number of aryl methyl sites for hydroxylation is 1. The lowest BCUT2D eigenvalue weighted by Gasteiger charge is -2.57. The number of rotatable bonds is 2. The van der Waals surface area contributed by atoms with E-state index in [0.717, 1.165) is 12.0 Å². The summed E-state index contributed by atoms with van der Waals surface area (Å²) < 4.78 is 12.9. The van der Waals surface area contributed by atoms with E-state index in [4.69, 9.17) is 9.47 Å². The lowest BCUT2D eigenvalue weighted by molar-refractivity contribution is -0.219. The molecule has 0 saturated carbocycles. The number of ether oxygens (including phenoxy) is 2. The molecule has 0 spiro atoms. The van der Waals surface area contributed by atoms with E-state index < -0.39 is 5.60 Å². The first-order chi connectivity index (χ1) is 11.6. The molecule has 3 aliphatic rings. The maximum atomic E-state index is 12.9. The van der Waals surface area contributed by atoms with Gasteiger partial charge in [-0.1, -0.05) is 0 Å². The van der Waals surface area contributed by atoms with Crippen molar-refractivity contribution in [3.63, 3.8) is 0 Å².